The van der Waals surface area contributed by atoms with Crippen LogP contribution in [-0.2, 0) is 10.5 Å². The molecule has 1 aromatic heterocycles. The van der Waals surface area contributed by atoms with E-state index in [1.165, 1.54) is 36.0 Å². The largest absolute Gasteiger partial charge is 0.484 e. The Morgan fingerprint density at radius 1 is 1.17 bits per heavy atom. The van der Waals surface area contributed by atoms with Crippen molar-refractivity contribution in [1.82, 2.24) is 4.98 Å². The molecule has 0 bridgehead atoms. The molecule has 128 valence electrons. The predicted molar refractivity (Wildman–Crippen MR) is 87.0 cm³/mol. The second-order valence-corrected chi connectivity index (χ2v) is 5.78. The van der Waals surface area contributed by atoms with Crippen LogP contribution in [0.2, 0.25) is 0 Å². The van der Waals surface area contributed by atoms with E-state index in [4.69, 9.17) is 0 Å². The lowest BCUT2D eigenvalue weighted by molar-refractivity contribution is -0.153. The summed E-state index contributed by atoms with van der Waals surface area (Å²) in [7, 11) is 0. The highest BCUT2D eigenvalue weighted by Crippen LogP contribution is 2.20. The maximum atomic E-state index is 12.0. The van der Waals surface area contributed by atoms with Gasteiger partial charge in [-0.05, 0) is 36.4 Å². The third-order valence-corrected chi connectivity index (χ3v) is 3.72. The first-order chi connectivity index (χ1) is 11.4. The molecule has 0 unspecified atom stereocenters. The molecule has 0 saturated carbocycles. The van der Waals surface area contributed by atoms with Crippen molar-refractivity contribution in [2.45, 2.75) is 11.9 Å². The third kappa shape index (κ3) is 6.91. The first-order valence-corrected chi connectivity index (χ1v) is 8.15. The van der Waals surface area contributed by atoms with Gasteiger partial charge in [0.2, 0.25) is 5.91 Å². The summed E-state index contributed by atoms with van der Waals surface area (Å²) in [6.07, 6.45) is -2.68. The number of rotatable bonds is 7. The number of thioether (sulfide) groups is 1. The number of ether oxygens (including phenoxy) is 1. The molecule has 0 aliphatic heterocycles. The molecule has 0 aliphatic carbocycles. The van der Waals surface area contributed by atoms with Crippen LogP contribution in [0, 0.1) is 0 Å². The number of hydrogen-bond donors (Lipinski definition) is 1. The monoisotopic (exact) mass is 356 g/mol. The lowest BCUT2D eigenvalue weighted by atomic mass is 10.3. The van der Waals surface area contributed by atoms with Gasteiger partial charge in [0.25, 0.3) is 0 Å². The Kier molecular flexibility index (Phi) is 6.48. The van der Waals surface area contributed by atoms with E-state index in [0.29, 0.717) is 11.4 Å². The molecule has 2 rings (SSSR count). The number of halogens is 3. The van der Waals surface area contributed by atoms with Crippen LogP contribution in [0.3, 0.4) is 0 Å². The molecule has 0 saturated heterocycles. The van der Waals surface area contributed by atoms with Crippen LogP contribution in [0.5, 0.6) is 5.75 Å². The summed E-state index contributed by atoms with van der Waals surface area (Å²) < 4.78 is 40.7. The van der Waals surface area contributed by atoms with Crippen molar-refractivity contribution in [3.05, 3.63) is 54.4 Å². The zero-order valence-corrected chi connectivity index (χ0v) is 13.4. The number of carbonyl (C=O) groups excluding carboxylic acids is 1. The standard InChI is InChI=1S/C16H15F3N2O2S/c17-16(18,19)11-23-14-6-4-12(5-7-14)21-15(22)10-24-9-13-3-1-2-8-20-13/h1-8H,9-11H2,(H,21,22). The van der Waals surface area contributed by atoms with Gasteiger partial charge in [-0.2, -0.15) is 13.2 Å². The van der Waals surface area contributed by atoms with Gasteiger partial charge < -0.3 is 10.1 Å². The number of benzene rings is 1. The van der Waals surface area contributed by atoms with E-state index in [1.54, 1.807) is 6.20 Å². The highest BCUT2D eigenvalue weighted by Gasteiger charge is 2.28. The van der Waals surface area contributed by atoms with E-state index in [-0.39, 0.29) is 17.4 Å². The van der Waals surface area contributed by atoms with E-state index in [9.17, 15) is 18.0 Å². The smallest absolute Gasteiger partial charge is 0.422 e. The molecule has 0 fully saturated rings. The van der Waals surface area contributed by atoms with Gasteiger partial charge in [-0.1, -0.05) is 6.07 Å². The highest BCUT2D eigenvalue weighted by molar-refractivity contribution is 7.99. The van der Waals surface area contributed by atoms with Crippen LogP contribution < -0.4 is 10.1 Å². The Morgan fingerprint density at radius 2 is 1.92 bits per heavy atom. The molecule has 0 aliphatic rings. The molecule has 8 heteroatoms. The topological polar surface area (TPSA) is 51.2 Å². The molecule has 1 amide bonds. The average Bonchev–Trinajstić information content (AvgIpc) is 2.54. The quantitative estimate of drug-likeness (QED) is 0.818. The lowest BCUT2D eigenvalue weighted by Gasteiger charge is -2.10. The van der Waals surface area contributed by atoms with Gasteiger partial charge in [0.15, 0.2) is 6.61 Å². The molecule has 24 heavy (non-hydrogen) atoms. The van der Waals surface area contributed by atoms with Gasteiger partial charge in [-0.3, -0.25) is 9.78 Å². The Hall–Kier alpha value is -2.22. The highest BCUT2D eigenvalue weighted by atomic mass is 32.2. The summed E-state index contributed by atoms with van der Waals surface area (Å²) in [5.74, 6) is 0.774. The molecule has 1 N–H and O–H groups in total. The SMILES string of the molecule is O=C(CSCc1ccccn1)Nc1ccc(OCC(F)(F)F)cc1. The van der Waals surface area contributed by atoms with Crippen molar-refractivity contribution in [1.29, 1.82) is 0 Å². The van der Waals surface area contributed by atoms with Crippen LogP contribution in [0.25, 0.3) is 0 Å². The van der Waals surface area contributed by atoms with E-state index >= 15 is 0 Å². The van der Waals surface area contributed by atoms with Crippen LogP contribution in [-0.4, -0.2) is 29.4 Å². The molecule has 4 nitrogen and oxygen atoms in total. The molecule has 1 aromatic carbocycles. The molecule has 1 heterocycles. The number of carbonyl (C=O) groups is 1. The summed E-state index contributed by atoms with van der Waals surface area (Å²) in [5.41, 5.74) is 1.39. The van der Waals surface area contributed by atoms with Gasteiger partial charge in [0.1, 0.15) is 5.75 Å². The number of aromatic nitrogens is 1. The van der Waals surface area contributed by atoms with Crippen molar-refractivity contribution < 1.29 is 22.7 Å². The number of amides is 1. The second-order valence-electron chi connectivity index (χ2n) is 4.79. The molecule has 2 aromatic rings. The number of hydrogen-bond acceptors (Lipinski definition) is 4. The van der Waals surface area contributed by atoms with Gasteiger partial charge in [-0.25, -0.2) is 0 Å². The Balaban J connectivity index is 1.73. The van der Waals surface area contributed by atoms with Gasteiger partial charge >= 0.3 is 6.18 Å². The van der Waals surface area contributed by atoms with Gasteiger partial charge in [0, 0.05) is 17.6 Å². The van der Waals surface area contributed by atoms with Gasteiger partial charge in [0.05, 0.1) is 11.4 Å². The average molecular weight is 356 g/mol. The maximum Gasteiger partial charge on any atom is 0.422 e. The normalized spacial score (nSPS) is 11.1. The fourth-order valence-electron chi connectivity index (χ4n) is 1.73. The van der Waals surface area contributed by atoms with Crippen LogP contribution in [0.4, 0.5) is 18.9 Å². The first-order valence-electron chi connectivity index (χ1n) is 6.99. The van der Waals surface area contributed by atoms with Crippen molar-refractivity contribution >= 4 is 23.4 Å². The molecule has 0 spiro atoms. The fourth-order valence-corrected chi connectivity index (χ4v) is 2.47. The molecular weight excluding hydrogens is 341 g/mol. The minimum absolute atomic E-state index is 0.0925. The van der Waals surface area contributed by atoms with Crippen LogP contribution in [0.15, 0.2) is 48.7 Å². The predicted octanol–water partition coefficient (Wildman–Crippen LogP) is 3.89. The Labute approximate surface area is 141 Å². The molecular formula is C16H15F3N2O2S. The summed E-state index contributed by atoms with van der Waals surface area (Å²) in [5, 5.41) is 2.67. The van der Waals surface area contributed by atoms with Crippen molar-refractivity contribution in [3.8, 4) is 5.75 Å². The summed E-state index contributed by atoms with van der Waals surface area (Å²) in [4.78, 5) is 16.0. The van der Waals surface area contributed by atoms with Gasteiger partial charge in [-0.15, -0.1) is 11.8 Å². The summed E-state index contributed by atoms with van der Waals surface area (Å²) in [6.45, 7) is -1.34. The minimum Gasteiger partial charge on any atom is -0.484 e. The number of pyridine rings is 1. The van der Waals surface area contributed by atoms with E-state index < -0.39 is 12.8 Å². The first kappa shape index (κ1) is 18.1. The van der Waals surface area contributed by atoms with E-state index in [0.717, 1.165) is 5.69 Å². The number of alkyl halides is 3. The maximum absolute atomic E-state index is 12.0. The van der Waals surface area contributed by atoms with E-state index in [2.05, 4.69) is 15.0 Å². The fraction of sp³-hybridized carbons (Fsp3) is 0.250. The minimum atomic E-state index is -4.38. The van der Waals surface area contributed by atoms with Crippen molar-refractivity contribution in [2.24, 2.45) is 0 Å². The second kappa shape index (κ2) is 8.58. The molecule has 0 radical (unpaired) electrons. The van der Waals surface area contributed by atoms with Crippen LogP contribution in [0.1, 0.15) is 5.69 Å². The lowest BCUT2D eigenvalue weighted by Crippen LogP contribution is -2.19. The molecule has 0 atom stereocenters. The summed E-state index contributed by atoms with van der Waals surface area (Å²) in [6, 6.07) is 11.3. The van der Waals surface area contributed by atoms with Crippen molar-refractivity contribution in [3.63, 3.8) is 0 Å². The number of nitrogens with one attached hydrogen (secondary N) is 1. The van der Waals surface area contributed by atoms with E-state index in [1.807, 2.05) is 18.2 Å². The summed E-state index contributed by atoms with van der Waals surface area (Å²) >= 11 is 1.42. The Bertz CT molecular complexity index is 649. The Morgan fingerprint density at radius 3 is 2.54 bits per heavy atom. The number of anilines is 1. The van der Waals surface area contributed by atoms with Crippen molar-refractivity contribution in [2.75, 3.05) is 17.7 Å². The third-order valence-electron chi connectivity index (χ3n) is 2.75. The zero-order valence-electron chi connectivity index (χ0n) is 12.5. The zero-order chi connectivity index (χ0) is 17.4. The number of nitrogens with zero attached hydrogens (tertiary/aromatic N) is 1. The van der Waals surface area contributed by atoms with Crippen LogP contribution >= 0.6 is 11.8 Å².